The number of aliphatic hydroxyl groups excluding tert-OH is 2. The summed E-state index contributed by atoms with van der Waals surface area (Å²) in [6.45, 7) is 12.4. The number of aromatic hydroxyl groups is 1. The summed E-state index contributed by atoms with van der Waals surface area (Å²) in [4.78, 5) is 249. The number of aliphatic carboxylic acids is 5. The quantitative estimate of drug-likeness (QED) is 0.0238. The van der Waals surface area contributed by atoms with E-state index in [4.69, 9.17) is 17.2 Å². The highest BCUT2D eigenvalue weighted by Gasteiger charge is 2.42. The molecular weight excluding hydrogens is 1590 g/mol. The van der Waals surface area contributed by atoms with Crippen LogP contribution in [0.15, 0.2) is 54.7 Å². The standard InChI is InChI=1S/C78H119N17O26/c1-10-38(6)61(92-66(108)48(21-15-17-27-79)83-65(107)46(81)30-43-35-82-47-20-14-13-19-45(43)47)74(116)88-52(32-57(101)102)70(112)86-54(34-59(105)106)72(114)94-62(39(7)11-2)75(117)87-51(31-56(99)100)68(110)84-49(22-16-18-28-80)67(109)95-64(41(9)97)77(119)89-53(33-58(103)104)69(111)85-50(29-42-23-25-44(98)26-24-42)71(113)93-63(40(8)12-3)76(118)90-55(36-96)73(115)91-60(37(4)5)78(120)121/h13-14,19-20,23-26,35,37-41,46,48-55,60-64,82,96-98H,10-12,15-18,21-22,27-34,36,79-81H2,1-9H3,(H,83,107)(H,84,110)(H,85,111)(H,86,112)(H,87,117)(H,88,116)(H,89,119)(H,90,118)(H,91,115)(H,92,108)(H,93,113)(H,94,114)(H,95,109)(H,99,100)(H,101,102)(H,103,104)(H,105,106)(H,120,121)/t38-,39-,40-,41+,46-,48-,49-,50-,51-,52-,53-,54-,55-,60-,61-,62-,63-,64-/m0/s1. The molecule has 43 heteroatoms. The highest BCUT2D eigenvalue weighted by Crippen LogP contribution is 2.21. The number of aromatic amines is 1. The number of para-hydroxylation sites is 1. The zero-order valence-corrected chi connectivity index (χ0v) is 69.1. The monoisotopic (exact) mass is 1710 g/mol. The van der Waals surface area contributed by atoms with Gasteiger partial charge in [0, 0.05) is 23.5 Å². The van der Waals surface area contributed by atoms with Crippen molar-refractivity contribution >= 4 is 118 Å². The Balaban J connectivity index is 1.93. The van der Waals surface area contributed by atoms with Gasteiger partial charge in [-0.25, -0.2) is 4.79 Å². The summed E-state index contributed by atoms with van der Waals surface area (Å²) >= 11 is 0. The molecule has 2 aromatic carbocycles. The molecule has 0 spiro atoms. The molecule has 3 aromatic rings. The fourth-order valence-corrected chi connectivity index (χ4v) is 12.4. The largest absolute Gasteiger partial charge is 0.508 e. The molecule has 0 aliphatic rings. The highest BCUT2D eigenvalue weighted by atomic mass is 16.4. The first kappa shape index (κ1) is 103. The van der Waals surface area contributed by atoms with Gasteiger partial charge in [-0.05, 0) is 118 Å². The predicted molar refractivity (Wildman–Crippen MR) is 431 cm³/mol. The number of hydrogen-bond donors (Lipinski definition) is 25. The van der Waals surface area contributed by atoms with Crippen molar-refractivity contribution in [3.8, 4) is 5.75 Å². The minimum atomic E-state index is -2.20. The van der Waals surface area contributed by atoms with Crippen LogP contribution in [0, 0.1) is 23.7 Å². The number of hydrogen-bond acceptors (Lipinski definition) is 24. The summed E-state index contributed by atoms with van der Waals surface area (Å²) in [5, 5.41) is 112. The molecule has 1 heterocycles. The molecule has 28 N–H and O–H groups in total. The lowest BCUT2D eigenvalue weighted by atomic mass is 9.96. The van der Waals surface area contributed by atoms with Gasteiger partial charge in [0.2, 0.25) is 76.8 Å². The Bertz CT molecular complexity index is 4070. The molecule has 3 rings (SSSR count). The van der Waals surface area contributed by atoms with Crippen molar-refractivity contribution in [2.45, 2.75) is 249 Å². The number of aliphatic hydroxyl groups is 2. The summed E-state index contributed by atoms with van der Waals surface area (Å²) in [5.74, 6) is -27.5. The van der Waals surface area contributed by atoms with Gasteiger partial charge in [0.1, 0.15) is 84.3 Å². The van der Waals surface area contributed by atoms with E-state index in [1.807, 2.05) is 18.2 Å². The molecule has 0 fully saturated rings. The van der Waals surface area contributed by atoms with Gasteiger partial charge in [0.25, 0.3) is 0 Å². The summed E-state index contributed by atoms with van der Waals surface area (Å²) in [6.07, 6.45) is -4.69. The third-order valence-corrected chi connectivity index (χ3v) is 20.2. The molecule has 0 bridgehead atoms. The van der Waals surface area contributed by atoms with Gasteiger partial charge in [0.15, 0.2) is 0 Å². The van der Waals surface area contributed by atoms with E-state index in [1.54, 1.807) is 26.1 Å². The minimum absolute atomic E-state index is 0.00477. The molecule has 1 aromatic heterocycles. The normalized spacial score (nSPS) is 15.7. The number of fused-ring (bicyclic) bond motifs is 1. The number of benzene rings is 2. The van der Waals surface area contributed by atoms with Gasteiger partial charge >= 0.3 is 29.8 Å². The summed E-state index contributed by atoms with van der Waals surface area (Å²) < 4.78 is 0. The van der Waals surface area contributed by atoms with Crippen LogP contribution >= 0.6 is 0 Å². The van der Waals surface area contributed by atoms with Crippen molar-refractivity contribution in [1.29, 1.82) is 0 Å². The van der Waals surface area contributed by atoms with Crippen LogP contribution in [0.25, 0.3) is 10.9 Å². The average Bonchev–Trinajstić information content (AvgIpc) is 1.69. The van der Waals surface area contributed by atoms with Crippen LogP contribution in [0.1, 0.15) is 157 Å². The second-order valence-corrected chi connectivity index (χ2v) is 30.1. The van der Waals surface area contributed by atoms with Gasteiger partial charge < -0.3 is 132 Å². The van der Waals surface area contributed by atoms with Gasteiger partial charge in [-0.1, -0.05) is 105 Å². The molecule has 13 amide bonds. The number of carboxylic acids is 5. The lowest BCUT2D eigenvalue weighted by Gasteiger charge is -2.30. The molecule has 0 radical (unpaired) electrons. The topological polar surface area (TPSA) is 719 Å². The van der Waals surface area contributed by atoms with Crippen LogP contribution in [0.4, 0.5) is 0 Å². The maximum Gasteiger partial charge on any atom is 0.326 e. The van der Waals surface area contributed by atoms with Gasteiger partial charge in [-0.2, -0.15) is 0 Å². The van der Waals surface area contributed by atoms with Crippen molar-refractivity contribution < 1.29 is 127 Å². The van der Waals surface area contributed by atoms with Crippen molar-refractivity contribution in [2.75, 3.05) is 19.7 Å². The number of nitrogens with two attached hydrogens (primary N) is 3. The van der Waals surface area contributed by atoms with Gasteiger partial charge in [-0.3, -0.25) is 81.5 Å². The van der Waals surface area contributed by atoms with E-state index in [0.29, 0.717) is 12.8 Å². The Morgan fingerprint density at radius 1 is 0.380 bits per heavy atom. The van der Waals surface area contributed by atoms with Crippen molar-refractivity contribution in [3.63, 3.8) is 0 Å². The number of carboxylic acid groups (broad SMARTS) is 5. The Morgan fingerprint density at radius 2 is 0.702 bits per heavy atom. The van der Waals surface area contributed by atoms with E-state index in [9.17, 15) is 127 Å². The predicted octanol–water partition coefficient (Wildman–Crippen LogP) is -4.30. The molecule has 0 saturated heterocycles. The maximum atomic E-state index is 14.5. The third-order valence-electron chi connectivity index (χ3n) is 20.2. The number of phenolic OH excluding ortho intramolecular Hbond substituents is 1. The third kappa shape index (κ3) is 34.4. The van der Waals surface area contributed by atoms with Gasteiger partial charge in [-0.15, -0.1) is 0 Å². The molecule has 672 valence electrons. The van der Waals surface area contributed by atoms with Crippen molar-refractivity contribution in [1.82, 2.24) is 74.1 Å². The first-order valence-electron chi connectivity index (χ1n) is 39.8. The molecule has 18 atom stereocenters. The molecule has 43 nitrogen and oxygen atoms in total. The van der Waals surface area contributed by atoms with Crippen molar-refractivity contribution in [2.24, 2.45) is 40.9 Å². The fourth-order valence-electron chi connectivity index (χ4n) is 12.4. The fraction of sp³-hybridized carbons (Fsp3) is 0.590. The Kier molecular flexibility index (Phi) is 43.9. The number of phenols is 1. The Morgan fingerprint density at radius 3 is 1.07 bits per heavy atom. The van der Waals surface area contributed by atoms with Gasteiger partial charge in [0.05, 0.1) is 44.4 Å². The van der Waals surface area contributed by atoms with Crippen LogP contribution < -0.4 is 86.3 Å². The van der Waals surface area contributed by atoms with E-state index in [0.717, 1.165) is 23.4 Å². The Hall–Kier alpha value is -12.0. The highest BCUT2D eigenvalue weighted by molar-refractivity contribution is 6.02. The molecular formula is C78H119N17O26. The van der Waals surface area contributed by atoms with Crippen LogP contribution in [0.3, 0.4) is 0 Å². The summed E-state index contributed by atoms with van der Waals surface area (Å²) in [6, 6.07) is -12.6. The van der Waals surface area contributed by atoms with E-state index in [-0.39, 0.29) is 75.8 Å². The van der Waals surface area contributed by atoms with E-state index in [2.05, 4.69) is 74.1 Å². The van der Waals surface area contributed by atoms with E-state index in [1.165, 1.54) is 65.8 Å². The lowest BCUT2D eigenvalue weighted by Crippen LogP contribution is -2.63. The average molecular weight is 1710 g/mol. The number of carbonyl (C=O) groups excluding carboxylic acids is 13. The molecule has 0 saturated carbocycles. The smallest absolute Gasteiger partial charge is 0.326 e. The maximum absolute atomic E-state index is 14.5. The zero-order valence-electron chi connectivity index (χ0n) is 69.1. The summed E-state index contributed by atoms with van der Waals surface area (Å²) in [5.41, 5.74) is 19.6. The molecule has 0 aliphatic carbocycles. The minimum Gasteiger partial charge on any atom is -0.508 e. The number of carbonyl (C=O) groups is 18. The van der Waals surface area contributed by atoms with Crippen LogP contribution in [-0.4, -0.2) is 263 Å². The molecule has 0 unspecified atom stereocenters. The van der Waals surface area contributed by atoms with E-state index >= 15 is 0 Å². The van der Waals surface area contributed by atoms with E-state index < -0.39 is 260 Å². The van der Waals surface area contributed by atoms with Crippen molar-refractivity contribution in [3.05, 3.63) is 65.9 Å². The first-order chi connectivity index (χ1) is 56.9. The lowest BCUT2D eigenvalue weighted by molar-refractivity contribution is -0.144. The van der Waals surface area contributed by atoms with Crippen LogP contribution in [0.2, 0.25) is 0 Å². The second kappa shape index (κ2) is 51.5. The number of unbranched alkanes of at least 4 members (excludes halogenated alkanes) is 2. The number of amides is 13. The number of nitrogens with one attached hydrogen (secondary N) is 14. The number of H-pyrrole nitrogens is 1. The van der Waals surface area contributed by atoms with Crippen LogP contribution in [0.5, 0.6) is 5.75 Å². The SMILES string of the molecule is CC[C@H](C)[C@H](NC(=O)[C@H](CC(=O)O)NC(=O)[C@H](CC(=O)O)NC(=O)[C@@H](NC(=O)[C@H](CCCCN)NC(=O)[C@@H](N)Cc1c[nH]c2ccccc12)[C@@H](C)CC)C(=O)N[C@@H](CC(=O)O)C(=O)N[C@@H](CCCCN)C(=O)N[C@H](C(=O)N[C@@H](CC(=O)O)C(=O)N[C@@H](Cc1ccc(O)cc1)C(=O)N[C@H](C(=O)N[C@@H](CO)C(=O)N[C@H](C(=O)O)C(C)C)[C@@H](C)CC)[C@@H](C)O. The number of rotatable bonds is 56. The molecule has 121 heavy (non-hydrogen) atoms. The Labute approximate surface area is 697 Å². The summed E-state index contributed by atoms with van der Waals surface area (Å²) in [7, 11) is 0. The second-order valence-electron chi connectivity index (χ2n) is 30.1. The zero-order chi connectivity index (χ0) is 91.2. The van der Waals surface area contributed by atoms with Crippen LogP contribution in [-0.2, 0) is 99.1 Å². The number of aromatic nitrogens is 1. The molecule has 0 aliphatic heterocycles. The first-order valence-corrected chi connectivity index (χ1v) is 39.8.